The second-order valence-electron chi connectivity index (χ2n) is 6.65. The number of fused-ring (bicyclic) bond motifs is 1. The lowest BCUT2D eigenvalue weighted by molar-refractivity contribution is -0.0934. The Bertz CT molecular complexity index is 782. The van der Waals surface area contributed by atoms with Crippen LogP contribution < -0.4 is 14.8 Å². The van der Waals surface area contributed by atoms with Gasteiger partial charge >= 0.3 is 6.16 Å². The third kappa shape index (κ3) is 5.37. The first-order valence-corrected chi connectivity index (χ1v) is 9.18. The molecule has 3 unspecified atom stereocenters. The number of carbonyl (C=O) groups is 1. The number of ether oxygens (including phenoxy) is 4. The van der Waals surface area contributed by atoms with Gasteiger partial charge in [-0.2, -0.15) is 0 Å². The Labute approximate surface area is 164 Å². The van der Waals surface area contributed by atoms with Crippen LogP contribution >= 0.6 is 0 Å². The van der Waals surface area contributed by atoms with Crippen LogP contribution in [0.5, 0.6) is 11.5 Å². The van der Waals surface area contributed by atoms with Gasteiger partial charge in [0.1, 0.15) is 0 Å². The molecule has 0 saturated heterocycles. The monoisotopic (exact) mass is 387 g/mol. The van der Waals surface area contributed by atoms with Gasteiger partial charge in [-0.15, -0.1) is 0 Å². The van der Waals surface area contributed by atoms with E-state index < -0.39 is 18.5 Å². The van der Waals surface area contributed by atoms with Gasteiger partial charge in [-0.3, -0.25) is 0 Å². The zero-order valence-electron chi connectivity index (χ0n) is 16.0. The normalized spacial score (nSPS) is 17.5. The van der Waals surface area contributed by atoms with E-state index in [2.05, 4.69) is 17.0 Å². The van der Waals surface area contributed by atoms with Crippen molar-refractivity contribution >= 4 is 6.16 Å². The van der Waals surface area contributed by atoms with E-state index >= 15 is 0 Å². The number of hydrogen-bond donors (Lipinski definition) is 2. The van der Waals surface area contributed by atoms with Crippen molar-refractivity contribution in [2.24, 2.45) is 0 Å². The number of benzene rings is 2. The summed E-state index contributed by atoms with van der Waals surface area (Å²) in [4.78, 5) is 11.2. The quantitative estimate of drug-likeness (QED) is 0.707. The maximum absolute atomic E-state index is 11.2. The minimum absolute atomic E-state index is 0.0998. The molecule has 0 spiro atoms. The zero-order valence-corrected chi connectivity index (χ0v) is 16.0. The van der Waals surface area contributed by atoms with E-state index in [0.29, 0.717) is 18.0 Å². The molecule has 0 fully saturated rings. The number of aliphatic hydroxyl groups is 1. The summed E-state index contributed by atoms with van der Waals surface area (Å²) >= 11 is 0. The standard InChI is InChI=1S/C21H25NO6/c1-14(22-12-17(23)16-6-4-3-5-7-16)10-15-8-9-18-19(11-15)26-13-20(27-18)28-21(24)25-2/h3-9,11,14,17,20,22-23H,10,12-13H2,1-2H3. The van der Waals surface area contributed by atoms with E-state index in [1.54, 1.807) is 6.07 Å². The fourth-order valence-electron chi connectivity index (χ4n) is 2.97. The number of hydrogen-bond acceptors (Lipinski definition) is 7. The summed E-state index contributed by atoms with van der Waals surface area (Å²) in [6, 6.07) is 15.4. The summed E-state index contributed by atoms with van der Waals surface area (Å²) in [5, 5.41) is 13.6. The number of methoxy groups -OCH3 is 1. The Morgan fingerprint density at radius 1 is 1.25 bits per heavy atom. The van der Waals surface area contributed by atoms with Crippen molar-refractivity contribution < 1.29 is 28.8 Å². The minimum Gasteiger partial charge on any atom is -0.482 e. The van der Waals surface area contributed by atoms with Gasteiger partial charge in [0.05, 0.1) is 13.2 Å². The lowest BCUT2D eigenvalue weighted by Crippen LogP contribution is -2.34. The van der Waals surface area contributed by atoms with Gasteiger partial charge in [0.25, 0.3) is 6.29 Å². The SMILES string of the molecule is COC(=O)OC1COc2cc(CC(C)NCC(O)c3ccccc3)ccc2O1. The molecule has 1 heterocycles. The molecule has 28 heavy (non-hydrogen) atoms. The summed E-state index contributed by atoms with van der Waals surface area (Å²) in [6.07, 6.45) is -1.42. The Kier molecular flexibility index (Phi) is 6.73. The molecule has 2 aromatic carbocycles. The van der Waals surface area contributed by atoms with Crippen LogP contribution in [-0.4, -0.2) is 43.9 Å². The van der Waals surface area contributed by atoms with Crippen LogP contribution in [0.25, 0.3) is 0 Å². The van der Waals surface area contributed by atoms with Crippen molar-refractivity contribution in [2.75, 3.05) is 20.3 Å². The smallest absolute Gasteiger partial charge is 0.482 e. The van der Waals surface area contributed by atoms with E-state index in [1.165, 1.54) is 7.11 Å². The Morgan fingerprint density at radius 2 is 2.04 bits per heavy atom. The van der Waals surface area contributed by atoms with Crippen molar-refractivity contribution in [3.05, 3.63) is 59.7 Å². The van der Waals surface area contributed by atoms with Crippen LogP contribution in [0.2, 0.25) is 0 Å². The van der Waals surface area contributed by atoms with E-state index in [0.717, 1.165) is 17.5 Å². The van der Waals surface area contributed by atoms with E-state index in [1.807, 2.05) is 42.5 Å². The van der Waals surface area contributed by atoms with Gasteiger partial charge in [-0.25, -0.2) is 4.79 Å². The molecule has 1 aliphatic rings. The molecule has 0 amide bonds. The molecule has 0 saturated carbocycles. The lowest BCUT2D eigenvalue weighted by atomic mass is 10.1. The highest BCUT2D eigenvalue weighted by Crippen LogP contribution is 2.33. The number of nitrogens with one attached hydrogen (secondary N) is 1. The first-order valence-electron chi connectivity index (χ1n) is 9.18. The predicted molar refractivity (Wildman–Crippen MR) is 102 cm³/mol. The first-order chi connectivity index (χ1) is 13.5. The Balaban J connectivity index is 1.51. The van der Waals surface area contributed by atoms with Crippen molar-refractivity contribution in [3.8, 4) is 11.5 Å². The molecule has 150 valence electrons. The van der Waals surface area contributed by atoms with Crippen molar-refractivity contribution in [1.82, 2.24) is 5.32 Å². The van der Waals surface area contributed by atoms with Crippen molar-refractivity contribution in [1.29, 1.82) is 0 Å². The average Bonchev–Trinajstić information content (AvgIpc) is 2.72. The molecular formula is C21H25NO6. The van der Waals surface area contributed by atoms with Crippen LogP contribution in [0.1, 0.15) is 24.2 Å². The molecule has 3 atom stereocenters. The fraction of sp³-hybridized carbons (Fsp3) is 0.381. The minimum atomic E-state index is -0.828. The van der Waals surface area contributed by atoms with Crippen LogP contribution in [0.4, 0.5) is 4.79 Å². The third-order valence-corrected chi connectivity index (χ3v) is 4.42. The topological polar surface area (TPSA) is 86.3 Å². The number of rotatable bonds is 7. The second kappa shape index (κ2) is 9.43. The van der Waals surface area contributed by atoms with E-state index in [-0.39, 0.29) is 12.6 Å². The molecule has 0 bridgehead atoms. The van der Waals surface area contributed by atoms with Crippen molar-refractivity contribution in [2.45, 2.75) is 31.8 Å². The van der Waals surface area contributed by atoms with Gasteiger partial charge in [-0.05, 0) is 36.6 Å². The number of aliphatic hydroxyl groups excluding tert-OH is 1. The van der Waals surface area contributed by atoms with Crippen LogP contribution in [0, 0.1) is 0 Å². The third-order valence-electron chi connectivity index (χ3n) is 4.42. The Hall–Kier alpha value is -2.77. The molecule has 0 aliphatic carbocycles. The summed E-state index contributed by atoms with van der Waals surface area (Å²) in [7, 11) is 1.24. The van der Waals surface area contributed by atoms with Crippen molar-refractivity contribution in [3.63, 3.8) is 0 Å². The highest BCUT2D eigenvalue weighted by Gasteiger charge is 2.25. The molecule has 1 aliphatic heterocycles. The first kappa shape index (κ1) is 20.0. The summed E-state index contributed by atoms with van der Waals surface area (Å²) in [6.45, 7) is 2.64. The largest absolute Gasteiger partial charge is 0.511 e. The average molecular weight is 387 g/mol. The number of carbonyl (C=O) groups excluding carboxylic acids is 1. The lowest BCUT2D eigenvalue weighted by Gasteiger charge is -2.26. The zero-order chi connectivity index (χ0) is 19.9. The molecule has 0 aromatic heterocycles. The predicted octanol–water partition coefficient (Wildman–Crippen LogP) is 2.82. The maximum atomic E-state index is 11.2. The van der Waals surface area contributed by atoms with Gasteiger partial charge in [0.15, 0.2) is 18.1 Å². The molecule has 0 radical (unpaired) electrons. The molecule has 3 rings (SSSR count). The van der Waals surface area contributed by atoms with E-state index in [9.17, 15) is 9.90 Å². The molecule has 7 nitrogen and oxygen atoms in total. The highest BCUT2D eigenvalue weighted by atomic mass is 16.8. The molecule has 7 heteroatoms. The second-order valence-corrected chi connectivity index (χ2v) is 6.65. The highest BCUT2D eigenvalue weighted by molar-refractivity contribution is 5.59. The summed E-state index contributed by atoms with van der Waals surface area (Å²) in [5.74, 6) is 1.13. The maximum Gasteiger partial charge on any atom is 0.511 e. The molecular weight excluding hydrogens is 362 g/mol. The fourth-order valence-corrected chi connectivity index (χ4v) is 2.97. The Morgan fingerprint density at radius 3 is 2.79 bits per heavy atom. The van der Waals surface area contributed by atoms with Gasteiger partial charge in [0, 0.05) is 12.6 Å². The summed E-state index contributed by atoms with van der Waals surface area (Å²) < 4.78 is 20.6. The summed E-state index contributed by atoms with van der Waals surface area (Å²) in [5.41, 5.74) is 1.97. The van der Waals surface area contributed by atoms with Crippen LogP contribution in [0.3, 0.4) is 0 Å². The van der Waals surface area contributed by atoms with Gasteiger partial charge in [-0.1, -0.05) is 36.4 Å². The van der Waals surface area contributed by atoms with Crippen LogP contribution in [0.15, 0.2) is 48.5 Å². The molecule has 2 N–H and O–H groups in total. The van der Waals surface area contributed by atoms with Gasteiger partial charge < -0.3 is 29.4 Å². The van der Waals surface area contributed by atoms with Gasteiger partial charge in [0.2, 0.25) is 0 Å². The van der Waals surface area contributed by atoms with E-state index in [4.69, 9.17) is 14.2 Å². The van der Waals surface area contributed by atoms with Crippen LogP contribution in [-0.2, 0) is 15.9 Å². The molecule has 2 aromatic rings.